The molecule has 23 heavy (non-hydrogen) atoms. The Morgan fingerprint density at radius 2 is 2.17 bits per heavy atom. The molecular formula is C16H25N3O4. The number of likely N-dealkylation sites (tertiary alicyclic amines) is 1. The molecule has 7 nitrogen and oxygen atoms in total. The van der Waals surface area contributed by atoms with E-state index in [2.05, 4.69) is 15.0 Å². The van der Waals surface area contributed by atoms with Crippen LogP contribution >= 0.6 is 0 Å². The van der Waals surface area contributed by atoms with Crippen LogP contribution in [-0.2, 0) is 22.4 Å². The maximum Gasteiger partial charge on any atom is 0.226 e. The van der Waals surface area contributed by atoms with Gasteiger partial charge in [0.05, 0.1) is 25.4 Å². The van der Waals surface area contributed by atoms with E-state index in [0.717, 1.165) is 31.8 Å². The lowest BCUT2D eigenvalue weighted by molar-refractivity contribution is -0.221. The van der Waals surface area contributed by atoms with Crippen molar-refractivity contribution in [3.05, 3.63) is 11.7 Å². The summed E-state index contributed by atoms with van der Waals surface area (Å²) in [7, 11) is 0. The minimum absolute atomic E-state index is 0.122. The van der Waals surface area contributed by atoms with Crippen LogP contribution in [0.25, 0.3) is 0 Å². The van der Waals surface area contributed by atoms with E-state index in [1.165, 1.54) is 0 Å². The van der Waals surface area contributed by atoms with Gasteiger partial charge < -0.3 is 19.1 Å². The number of aromatic nitrogens is 2. The van der Waals surface area contributed by atoms with Gasteiger partial charge >= 0.3 is 0 Å². The fraction of sp³-hybridized carbons (Fsp3) is 0.875. The molecule has 3 fully saturated rings. The number of aryl methyl sites for hydroxylation is 1. The fourth-order valence-corrected chi connectivity index (χ4v) is 4.43. The van der Waals surface area contributed by atoms with E-state index < -0.39 is 5.60 Å². The zero-order valence-corrected chi connectivity index (χ0v) is 13.6. The molecule has 128 valence electrons. The molecule has 0 spiro atoms. The predicted molar refractivity (Wildman–Crippen MR) is 80.7 cm³/mol. The summed E-state index contributed by atoms with van der Waals surface area (Å²) < 4.78 is 16.6. The zero-order chi connectivity index (χ0) is 15.9. The van der Waals surface area contributed by atoms with Gasteiger partial charge in [-0.1, -0.05) is 12.1 Å². The van der Waals surface area contributed by atoms with Crippen molar-refractivity contribution >= 4 is 0 Å². The molecular weight excluding hydrogens is 298 g/mol. The van der Waals surface area contributed by atoms with Gasteiger partial charge in [0, 0.05) is 50.5 Å². The van der Waals surface area contributed by atoms with E-state index >= 15 is 0 Å². The first-order valence-corrected chi connectivity index (χ1v) is 8.64. The third-order valence-electron chi connectivity index (χ3n) is 5.72. The van der Waals surface area contributed by atoms with Crippen molar-refractivity contribution in [2.24, 2.45) is 11.8 Å². The summed E-state index contributed by atoms with van der Waals surface area (Å²) in [4.78, 5) is 6.83. The second-order valence-corrected chi connectivity index (χ2v) is 6.94. The summed E-state index contributed by atoms with van der Waals surface area (Å²) in [5.41, 5.74) is -0.661. The first-order chi connectivity index (χ1) is 11.2. The summed E-state index contributed by atoms with van der Waals surface area (Å²) in [6.07, 6.45) is 2.40. The molecule has 0 unspecified atom stereocenters. The molecule has 0 saturated carbocycles. The maximum absolute atomic E-state index is 11.3. The van der Waals surface area contributed by atoms with Crippen LogP contribution in [0, 0.1) is 11.8 Å². The predicted octanol–water partition coefficient (Wildman–Crippen LogP) is 0.620. The van der Waals surface area contributed by atoms with Crippen molar-refractivity contribution in [2.45, 2.75) is 44.4 Å². The van der Waals surface area contributed by atoms with Gasteiger partial charge in [0.1, 0.15) is 0 Å². The largest absolute Gasteiger partial charge is 0.389 e. The average Bonchev–Trinajstić information content (AvgIpc) is 3.03. The molecule has 1 aromatic rings. The van der Waals surface area contributed by atoms with Crippen molar-refractivity contribution in [3.63, 3.8) is 0 Å². The normalized spacial score (nSPS) is 38.1. The lowest BCUT2D eigenvalue weighted by Crippen LogP contribution is -2.67. The van der Waals surface area contributed by atoms with Gasteiger partial charge in [-0.2, -0.15) is 4.98 Å². The van der Waals surface area contributed by atoms with Crippen LogP contribution in [0.4, 0.5) is 0 Å². The number of fused-ring (bicyclic) bond motifs is 3. The van der Waals surface area contributed by atoms with E-state index in [1.54, 1.807) is 0 Å². The van der Waals surface area contributed by atoms with Crippen molar-refractivity contribution in [2.75, 3.05) is 33.0 Å². The molecule has 3 saturated heterocycles. The van der Waals surface area contributed by atoms with Gasteiger partial charge in [-0.05, 0) is 6.42 Å². The molecule has 0 aliphatic carbocycles. The summed E-state index contributed by atoms with van der Waals surface area (Å²) >= 11 is 0. The number of rotatable bonds is 3. The maximum atomic E-state index is 11.3. The van der Waals surface area contributed by atoms with Gasteiger partial charge in [-0.3, -0.25) is 4.90 Å². The Morgan fingerprint density at radius 1 is 1.30 bits per heavy atom. The Morgan fingerprint density at radius 3 is 3.00 bits per heavy atom. The molecule has 0 aromatic carbocycles. The Balaban J connectivity index is 1.57. The highest BCUT2D eigenvalue weighted by Crippen LogP contribution is 2.44. The van der Waals surface area contributed by atoms with E-state index in [9.17, 15) is 5.11 Å². The highest BCUT2D eigenvalue weighted by Gasteiger charge is 2.55. The van der Waals surface area contributed by atoms with Crippen molar-refractivity contribution in [3.8, 4) is 0 Å². The van der Waals surface area contributed by atoms with Gasteiger partial charge in [-0.25, -0.2) is 0 Å². The number of ether oxygens (including phenoxy) is 2. The second kappa shape index (κ2) is 6.12. The molecule has 1 N–H and O–H groups in total. The average molecular weight is 323 g/mol. The van der Waals surface area contributed by atoms with Gasteiger partial charge in [0.15, 0.2) is 5.82 Å². The highest BCUT2D eigenvalue weighted by atomic mass is 16.5. The van der Waals surface area contributed by atoms with E-state index in [4.69, 9.17) is 14.0 Å². The first kappa shape index (κ1) is 15.5. The van der Waals surface area contributed by atoms with Gasteiger partial charge in [0.2, 0.25) is 5.89 Å². The smallest absolute Gasteiger partial charge is 0.226 e. The van der Waals surface area contributed by atoms with Crippen LogP contribution in [-0.4, -0.2) is 64.8 Å². The molecule has 3 aliphatic rings. The SMILES string of the molecule is CCc1nc(CN2C[C@H]3COCC[C@@]3(O)[C@@H]3COCC[C@@H]32)no1. The van der Waals surface area contributed by atoms with E-state index in [1.807, 2.05) is 6.92 Å². The second-order valence-electron chi connectivity index (χ2n) is 6.94. The molecule has 0 radical (unpaired) electrons. The van der Waals surface area contributed by atoms with Crippen molar-refractivity contribution in [1.29, 1.82) is 0 Å². The van der Waals surface area contributed by atoms with E-state index in [-0.39, 0.29) is 11.8 Å². The topological polar surface area (TPSA) is 80.9 Å². The van der Waals surface area contributed by atoms with Crippen LogP contribution in [0.3, 0.4) is 0 Å². The number of piperidine rings is 1. The third kappa shape index (κ3) is 2.69. The van der Waals surface area contributed by atoms with Gasteiger partial charge in [-0.15, -0.1) is 0 Å². The lowest BCUT2D eigenvalue weighted by Gasteiger charge is -2.57. The van der Waals surface area contributed by atoms with Gasteiger partial charge in [0.25, 0.3) is 0 Å². The molecule has 1 aromatic heterocycles. The standard InChI is InChI=1S/C16H25N3O4/c1-2-15-17-14(18-23-15)8-19-7-11-9-22-6-4-16(11,20)12-10-21-5-3-13(12)19/h11-13,20H,2-10H2,1H3/t11-,12+,13-,16-/m0/s1. The highest BCUT2D eigenvalue weighted by molar-refractivity contribution is 5.06. The summed E-state index contributed by atoms with van der Waals surface area (Å²) in [5, 5.41) is 15.4. The summed E-state index contributed by atoms with van der Waals surface area (Å²) in [6.45, 7) is 6.11. The minimum atomic E-state index is -0.661. The van der Waals surface area contributed by atoms with Crippen molar-refractivity contribution < 1.29 is 19.1 Å². The Bertz CT molecular complexity index is 551. The van der Waals surface area contributed by atoms with Crippen LogP contribution < -0.4 is 0 Å². The van der Waals surface area contributed by atoms with Crippen LogP contribution in [0.2, 0.25) is 0 Å². The summed E-state index contributed by atoms with van der Waals surface area (Å²) in [5.74, 6) is 1.67. The number of aliphatic hydroxyl groups is 1. The molecule has 3 aliphatic heterocycles. The Kier molecular flexibility index (Phi) is 4.13. The quantitative estimate of drug-likeness (QED) is 0.873. The first-order valence-electron chi connectivity index (χ1n) is 8.64. The number of hydrogen-bond donors (Lipinski definition) is 1. The zero-order valence-electron chi connectivity index (χ0n) is 13.6. The molecule has 4 rings (SSSR count). The molecule has 0 bridgehead atoms. The monoisotopic (exact) mass is 323 g/mol. The molecule has 4 atom stereocenters. The molecule has 0 amide bonds. The minimum Gasteiger partial charge on any atom is -0.389 e. The van der Waals surface area contributed by atoms with Crippen LogP contribution in [0.5, 0.6) is 0 Å². The van der Waals surface area contributed by atoms with E-state index in [0.29, 0.717) is 44.7 Å². The Labute approximate surface area is 135 Å². The van der Waals surface area contributed by atoms with Crippen LogP contribution in [0.1, 0.15) is 31.5 Å². The lowest BCUT2D eigenvalue weighted by atomic mass is 9.66. The number of nitrogens with zero attached hydrogens (tertiary/aromatic N) is 3. The van der Waals surface area contributed by atoms with Crippen molar-refractivity contribution in [1.82, 2.24) is 15.0 Å². The third-order valence-corrected chi connectivity index (χ3v) is 5.72. The molecule has 7 heteroatoms. The fourth-order valence-electron chi connectivity index (χ4n) is 4.43. The Hall–Kier alpha value is -1.02. The number of hydrogen-bond acceptors (Lipinski definition) is 7. The molecule has 4 heterocycles. The van der Waals surface area contributed by atoms with Crippen LogP contribution in [0.15, 0.2) is 4.52 Å². The summed E-state index contributed by atoms with van der Waals surface area (Å²) in [6, 6.07) is 0.312.